The van der Waals surface area contributed by atoms with Crippen molar-refractivity contribution in [3.8, 4) is 11.5 Å². The van der Waals surface area contributed by atoms with E-state index in [9.17, 15) is 4.79 Å². The Bertz CT molecular complexity index is 539. The Kier molecular flexibility index (Phi) is 4.41. The molecule has 1 aromatic carbocycles. The Morgan fingerprint density at radius 3 is 2.64 bits per heavy atom. The van der Waals surface area contributed by atoms with Gasteiger partial charge in [0.1, 0.15) is 19.3 Å². The number of likely N-dealkylation sites (tertiary alicyclic amines) is 1. The van der Waals surface area contributed by atoms with Crippen LogP contribution in [0.2, 0.25) is 0 Å². The van der Waals surface area contributed by atoms with Gasteiger partial charge in [0.05, 0.1) is 0 Å². The van der Waals surface area contributed by atoms with Gasteiger partial charge in [-0.05, 0) is 37.8 Å². The summed E-state index contributed by atoms with van der Waals surface area (Å²) in [5.74, 6) is 2.40. The number of piperidine rings is 1. The second-order valence-electron chi connectivity index (χ2n) is 6.23. The Balaban J connectivity index is 1.61. The van der Waals surface area contributed by atoms with Crippen molar-refractivity contribution in [3.63, 3.8) is 0 Å². The number of carbonyl (C=O) groups excluding carboxylic acids is 1. The van der Waals surface area contributed by atoms with Crippen LogP contribution in [0.4, 0.5) is 5.69 Å². The average molecular weight is 304 g/mol. The first-order valence-electron chi connectivity index (χ1n) is 8.08. The van der Waals surface area contributed by atoms with Gasteiger partial charge in [-0.25, -0.2) is 0 Å². The van der Waals surface area contributed by atoms with E-state index in [2.05, 4.69) is 12.2 Å². The van der Waals surface area contributed by atoms with Gasteiger partial charge < -0.3 is 19.7 Å². The van der Waals surface area contributed by atoms with Crippen LogP contribution in [0.5, 0.6) is 11.5 Å². The Morgan fingerprint density at radius 2 is 1.91 bits per heavy atom. The van der Waals surface area contributed by atoms with Crippen LogP contribution in [-0.2, 0) is 4.79 Å². The molecule has 2 aliphatic rings. The normalized spacial score (nSPS) is 19.6. The molecule has 0 bridgehead atoms. The van der Waals surface area contributed by atoms with Crippen LogP contribution in [-0.4, -0.2) is 43.2 Å². The number of hydrogen-bond donors (Lipinski definition) is 1. The molecule has 0 saturated carbocycles. The zero-order chi connectivity index (χ0) is 15.5. The molecule has 5 nitrogen and oxygen atoms in total. The molecule has 1 amide bonds. The summed E-state index contributed by atoms with van der Waals surface area (Å²) in [7, 11) is 0. The highest BCUT2D eigenvalue weighted by atomic mass is 16.6. The Morgan fingerprint density at radius 1 is 1.23 bits per heavy atom. The lowest BCUT2D eigenvalue weighted by Gasteiger charge is -2.32. The third kappa shape index (κ3) is 3.29. The number of amides is 1. The second-order valence-corrected chi connectivity index (χ2v) is 6.23. The number of carbonyl (C=O) groups is 1. The highest BCUT2D eigenvalue weighted by Gasteiger charge is 2.24. The molecule has 1 aromatic rings. The van der Waals surface area contributed by atoms with Gasteiger partial charge >= 0.3 is 0 Å². The van der Waals surface area contributed by atoms with Crippen molar-refractivity contribution in [2.24, 2.45) is 5.92 Å². The van der Waals surface area contributed by atoms with E-state index in [-0.39, 0.29) is 11.9 Å². The number of anilines is 1. The molecule has 1 atom stereocenters. The van der Waals surface area contributed by atoms with Gasteiger partial charge in [0.25, 0.3) is 0 Å². The second kappa shape index (κ2) is 6.46. The summed E-state index contributed by atoms with van der Waals surface area (Å²) in [6, 6.07) is 5.47. The number of fused-ring (bicyclic) bond motifs is 1. The van der Waals surface area contributed by atoms with Crippen molar-refractivity contribution < 1.29 is 14.3 Å². The fourth-order valence-electron chi connectivity index (χ4n) is 2.95. The van der Waals surface area contributed by atoms with E-state index >= 15 is 0 Å². The summed E-state index contributed by atoms with van der Waals surface area (Å²) in [5, 5.41) is 3.27. The summed E-state index contributed by atoms with van der Waals surface area (Å²) in [4.78, 5) is 14.5. The maximum absolute atomic E-state index is 12.5. The Hall–Kier alpha value is -1.91. The first-order chi connectivity index (χ1) is 10.6. The molecule has 0 radical (unpaired) electrons. The third-order valence-corrected chi connectivity index (χ3v) is 4.39. The van der Waals surface area contributed by atoms with Gasteiger partial charge in [-0.15, -0.1) is 0 Å². The molecule has 120 valence electrons. The van der Waals surface area contributed by atoms with E-state index in [0.29, 0.717) is 13.2 Å². The minimum Gasteiger partial charge on any atom is -0.486 e. The van der Waals surface area contributed by atoms with Crippen molar-refractivity contribution >= 4 is 11.6 Å². The van der Waals surface area contributed by atoms with Gasteiger partial charge in [-0.1, -0.05) is 6.92 Å². The van der Waals surface area contributed by atoms with Crippen LogP contribution in [0.25, 0.3) is 0 Å². The van der Waals surface area contributed by atoms with Crippen molar-refractivity contribution in [1.29, 1.82) is 0 Å². The summed E-state index contributed by atoms with van der Waals surface area (Å²) >= 11 is 0. The monoisotopic (exact) mass is 304 g/mol. The maximum atomic E-state index is 12.5. The molecular weight excluding hydrogens is 280 g/mol. The first kappa shape index (κ1) is 15.0. The molecule has 22 heavy (non-hydrogen) atoms. The molecule has 1 unspecified atom stereocenters. The van der Waals surface area contributed by atoms with E-state index in [1.54, 1.807) is 0 Å². The molecule has 0 aliphatic carbocycles. The summed E-state index contributed by atoms with van der Waals surface area (Å²) < 4.78 is 11.1. The fourth-order valence-corrected chi connectivity index (χ4v) is 2.95. The van der Waals surface area contributed by atoms with Crippen LogP contribution < -0.4 is 14.8 Å². The predicted octanol–water partition coefficient (Wildman–Crippen LogP) is 2.52. The molecule has 0 spiro atoms. The van der Waals surface area contributed by atoms with E-state index in [1.807, 2.05) is 30.0 Å². The van der Waals surface area contributed by atoms with E-state index < -0.39 is 0 Å². The minimum absolute atomic E-state index is 0.168. The van der Waals surface area contributed by atoms with Crippen molar-refractivity contribution in [2.45, 2.75) is 32.7 Å². The molecule has 2 aliphatic heterocycles. The molecule has 1 N–H and O–H groups in total. The lowest BCUT2D eigenvalue weighted by molar-refractivity contribution is -0.132. The molecular formula is C17H24N2O3. The van der Waals surface area contributed by atoms with Gasteiger partial charge in [-0.2, -0.15) is 0 Å². The summed E-state index contributed by atoms with van der Waals surface area (Å²) in [6.45, 7) is 7.05. The van der Waals surface area contributed by atoms with Crippen molar-refractivity contribution in [2.75, 3.05) is 31.6 Å². The van der Waals surface area contributed by atoms with Gasteiger partial charge in [0, 0.05) is 24.8 Å². The lowest BCUT2D eigenvalue weighted by Crippen LogP contribution is -2.45. The van der Waals surface area contributed by atoms with Gasteiger partial charge in [0.2, 0.25) is 5.91 Å². The highest BCUT2D eigenvalue weighted by Crippen LogP contribution is 2.32. The van der Waals surface area contributed by atoms with Crippen LogP contribution in [0.15, 0.2) is 18.2 Å². The highest BCUT2D eigenvalue weighted by molar-refractivity contribution is 5.84. The van der Waals surface area contributed by atoms with Gasteiger partial charge in [-0.3, -0.25) is 4.79 Å². The minimum atomic E-state index is -0.240. The summed E-state index contributed by atoms with van der Waals surface area (Å²) in [6.07, 6.45) is 2.20. The molecule has 5 heteroatoms. The zero-order valence-corrected chi connectivity index (χ0v) is 13.3. The van der Waals surface area contributed by atoms with Crippen molar-refractivity contribution in [3.05, 3.63) is 18.2 Å². The van der Waals surface area contributed by atoms with E-state index in [4.69, 9.17) is 9.47 Å². The van der Waals surface area contributed by atoms with E-state index in [1.165, 1.54) is 0 Å². The molecule has 0 aromatic heterocycles. The largest absolute Gasteiger partial charge is 0.486 e. The molecule has 2 heterocycles. The summed E-state index contributed by atoms with van der Waals surface area (Å²) in [5.41, 5.74) is 0.885. The molecule has 1 fully saturated rings. The molecule has 1 saturated heterocycles. The van der Waals surface area contributed by atoms with Gasteiger partial charge in [0.15, 0.2) is 11.5 Å². The number of nitrogens with zero attached hydrogens (tertiary/aromatic N) is 1. The maximum Gasteiger partial charge on any atom is 0.244 e. The smallest absolute Gasteiger partial charge is 0.244 e. The quantitative estimate of drug-likeness (QED) is 0.932. The Labute approximate surface area is 131 Å². The predicted molar refractivity (Wildman–Crippen MR) is 85.5 cm³/mol. The van der Waals surface area contributed by atoms with Crippen molar-refractivity contribution in [1.82, 2.24) is 4.90 Å². The zero-order valence-electron chi connectivity index (χ0n) is 13.3. The number of hydrogen-bond acceptors (Lipinski definition) is 4. The SMILES string of the molecule is CC1CCN(C(=O)C(C)Nc2ccc3c(c2)OCCO3)CC1. The van der Waals surface area contributed by atoms with E-state index in [0.717, 1.165) is 49.0 Å². The standard InChI is InChI=1S/C17H24N2O3/c1-12-5-7-19(8-6-12)17(20)13(2)18-14-3-4-15-16(11-14)22-10-9-21-15/h3-4,11-13,18H,5-10H2,1-2H3. The number of benzene rings is 1. The van der Waals surface area contributed by atoms with Crippen LogP contribution >= 0.6 is 0 Å². The van der Waals surface area contributed by atoms with Crippen LogP contribution in [0.3, 0.4) is 0 Å². The van der Waals surface area contributed by atoms with Crippen LogP contribution in [0.1, 0.15) is 26.7 Å². The number of rotatable bonds is 3. The topological polar surface area (TPSA) is 50.8 Å². The molecule has 3 rings (SSSR count). The number of ether oxygens (including phenoxy) is 2. The first-order valence-corrected chi connectivity index (χ1v) is 8.08. The van der Waals surface area contributed by atoms with Crippen LogP contribution in [0, 0.1) is 5.92 Å². The fraction of sp³-hybridized carbons (Fsp3) is 0.588. The lowest BCUT2D eigenvalue weighted by atomic mass is 9.99. The third-order valence-electron chi connectivity index (χ3n) is 4.39. The average Bonchev–Trinajstić information content (AvgIpc) is 2.55. The number of nitrogens with one attached hydrogen (secondary N) is 1.